The highest BCUT2D eigenvalue weighted by molar-refractivity contribution is 6.36. The number of hydrogen-bond donors (Lipinski definition) is 1. The highest BCUT2D eigenvalue weighted by Crippen LogP contribution is 2.41. The van der Waals surface area contributed by atoms with Gasteiger partial charge in [-0.1, -0.05) is 65.7 Å². The minimum absolute atomic E-state index is 0.125. The maximum absolute atomic E-state index is 13.8. The Morgan fingerprint density at radius 1 is 0.970 bits per heavy atom. The SMILES string of the molecule is Cc1c(C(=O)N[C@H](c2ccc(Cl)cc2)C2CC2)c2cccc(Cl)c2c(=O)n1-c1ccccc1. The van der Waals surface area contributed by atoms with E-state index in [0.717, 1.165) is 18.4 Å². The van der Waals surface area contributed by atoms with Crippen molar-refractivity contribution in [2.24, 2.45) is 5.92 Å². The molecule has 1 N–H and O–H groups in total. The normalized spacial score (nSPS) is 14.3. The van der Waals surface area contributed by atoms with Gasteiger partial charge in [0.05, 0.1) is 22.0 Å². The van der Waals surface area contributed by atoms with E-state index in [-0.39, 0.29) is 17.5 Å². The fourth-order valence-electron chi connectivity index (χ4n) is 4.48. The first kappa shape index (κ1) is 21.7. The topological polar surface area (TPSA) is 51.1 Å². The molecule has 5 rings (SSSR count). The van der Waals surface area contributed by atoms with Crippen molar-refractivity contribution >= 4 is 39.9 Å². The molecule has 6 heteroatoms. The molecule has 0 radical (unpaired) electrons. The molecule has 1 heterocycles. The minimum Gasteiger partial charge on any atom is -0.345 e. The van der Waals surface area contributed by atoms with Crippen LogP contribution >= 0.6 is 23.2 Å². The van der Waals surface area contributed by atoms with Gasteiger partial charge < -0.3 is 5.32 Å². The van der Waals surface area contributed by atoms with Crippen molar-refractivity contribution in [3.63, 3.8) is 0 Å². The highest BCUT2D eigenvalue weighted by Gasteiger charge is 2.34. The molecule has 33 heavy (non-hydrogen) atoms. The second-order valence-electron chi connectivity index (χ2n) is 8.44. The summed E-state index contributed by atoms with van der Waals surface area (Å²) in [6.07, 6.45) is 2.12. The lowest BCUT2D eigenvalue weighted by atomic mass is 9.99. The van der Waals surface area contributed by atoms with Crippen LogP contribution in [0.15, 0.2) is 77.6 Å². The van der Waals surface area contributed by atoms with E-state index >= 15 is 0 Å². The molecule has 1 atom stereocenters. The van der Waals surface area contributed by atoms with E-state index in [0.29, 0.717) is 43.7 Å². The molecule has 0 spiro atoms. The summed E-state index contributed by atoms with van der Waals surface area (Å²) in [5, 5.41) is 5.12. The second-order valence-corrected chi connectivity index (χ2v) is 9.28. The van der Waals surface area contributed by atoms with Gasteiger partial charge in [-0.2, -0.15) is 0 Å². The van der Waals surface area contributed by atoms with Crippen LogP contribution in [-0.4, -0.2) is 10.5 Å². The van der Waals surface area contributed by atoms with Gasteiger partial charge in [-0.05, 0) is 61.6 Å². The zero-order chi connectivity index (χ0) is 23.1. The largest absolute Gasteiger partial charge is 0.345 e. The predicted octanol–water partition coefficient (Wildman–Crippen LogP) is 6.49. The Hall–Kier alpha value is -3.08. The third-order valence-corrected chi connectivity index (χ3v) is 6.81. The summed E-state index contributed by atoms with van der Waals surface area (Å²) in [5.74, 6) is 0.154. The summed E-state index contributed by atoms with van der Waals surface area (Å²) in [5.41, 5.74) is 2.49. The molecule has 4 nitrogen and oxygen atoms in total. The van der Waals surface area contributed by atoms with Crippen molar-refractivity contribution < 1.29 is 4.79 Å². The van der Waals surface area contributed by atoms with Crippen LogP contribution in [0.5, 0.6) is 0 Å². The van der Waals surface area contributed by atoms with Crippen molar-refractivity contribution in [3.8, 4) is 5.69 Å². The standard InChI is InChI=1S/C27H22Cl2N2O2/c1-16-23(26(32)30-25(17-10-11-17)18-12-14-19(28)15-13-18)21-8-5-9-22(29)24(21)27(33)31(16)20-6-3-2-4-7-20/h2-9,12-15,17,25H,10-11H2,1H3,(H,30,32)/t25-/m0/s1. The zero-order valence-electron chi connectivity index (χ0n) is 18.0. The summed E-state index contributed by atoms with van der Waals surface area (Å²) >= 11 is 12.5. The molecule has 0 unspecified atom stereocenters. The van der Waals surface area contributed by atoms with Crippen LogP contribution in [-0.2, 0) is 0 Å². The smallest absolute Gasteiger partial charge is 0.264 e. The number of halogens is 2. The van der Waals surface area contributed by atoms with Crippen LogP contribution in [0.2, 0.25) is 10.0 Å². The van der Waals surface area contributed by atoms with Crippen molar-refractivity contribution in [1.82, 2.24) is 9.88 Å². The summed E-state index contributed by atoms with van der Waals surface area (Å²) in [6.45, 7) is 1.80. The lowest BCUT2D eigenvalue weighted by Gasteiger charge is -2.22. The van der Waals surface area contributed by atoms with Gasteiger partial charge in [0.2, 0.25) is 0 Å². The van der Waals surface area contributed by atoms with Crippen molar-refractivity contribution in [1.29, 1.82) is 0 Å². The Morgan fingerprint density at radius 3 is 2.33 bits per heavy atom. The molecule has 166 valence electrons. The molecule has 0 saturated heterocycles. The Labute approximate surface area is 201 Å². The van der Waals surface area contributed by atoms with Crippen LogP contribution in [0.1, 0.15) is 40.5 Å². The van der Waals surface area contributed by atoms with Crippen LogP contribution in [0.25, 0.3) is 16.5 Å². The zero-order valence-corrected chi connectivity index (χ0v) is 19.5. The number of aromatic nitrogens is 1. The molecule has 1 aliphatic carbocycles. The number of benzene rings is 3. The Balaban J connectivity index is 1.67. The first-order valence-corrected chi connectivity index (χ1v) is 11.7. The van der Waals surface area contributed by atoms with Gasteiger partial charge in [0.15, 0.2) is 0 Å². The fraction of sp³-hybridized carbons (Fsp3) is 0.185. The number of para-hydroxylation sites is 1. The molecule has 1 fully saturated rings. The fourth-order valence-corrected chi connectivity index (χ4v) is 4.86. The highest BCUT2D eigenvalue weighted by atomic mass is 35.5. The molecule has 1 amide bonds. The second kappa shape index (κ2) is 8.69. The van der Waals surface area contributed by atoms with Gasteiger partial charge >= 0.3 is 0 Å². The lowest BCUT2D eigenvalue weighted by Crippen LogP contribution is -2.33. The predicted molar refractivity (Wildman–Crippen MR) is 134 cm³/mol. The van der Waals surface area contributed by atoms with Gasteiger partial charge in [0.25, 0.3) is 11.5 Å². The van der Waals surface area contributed by atoms with Gasteiger partial charge in [-0.3, -0.25) is 14.2 Å². The third kappa shape index (κ3) is 4.05. The molecule has 1 aliphatic rings. The monoisotopic (exact) mass is 476 g/mol. The number of rotatable bonds is 5. The average Bonchev–Trinajstić information content (AvgIpc) is 3.64. The van der Waals surface area contributed by atoms with E-state index in [1.807, 2.05) is 54.6 Å². The first-order chi connectivity index (χ1) is 16.0. The molecular weight excluding hydrogens is 455 g/mol. The van der Waals surface area contributed by atoms with E-state index < -0.39 is 0 Å². The third-order valence-electron chi connectivity index (χ3n) is 6.25. The van der Waals surface area contributed by atoms with Gasteiger partial charge in [-0.15, -0.1) is 0 Å². The Morgan fingerprint density at radius 2 is 1.67 bits per heavy atom. The van der Waals surface area contributed by atoms with Crippen LogP contribution < -0.4 is 10.9 Å². The molecular formula is C27H22Cl2N2O2. The first-order valence-electron chi connectivity index (χ1n) is 10.9. The average molecular weight is 477 g/mol. The van der Waals surface area contributed by atoms with Crippen LogP contribution in [0, 0.1) is 12.8 Å². The Kier molecular flexibility index (Phi) is 5.73. The van der Waals surface area contributed by atoms with Crippen molar-refractivity contribution in [3.05, 3.63) is 110 Å². The number of hydrogen-bond acceptors (Lipinski definition) is 2. The van der Waals surface area contributed by atoms with Crippen molar-refractivity contribution in [2.45, 2.75) is 25.8 Å². The molecule has 1 saturated carbocycles. The van der Waals surface area contributed by atoms with E-state index in [1.54, 1.807) is 29.7 Å². The molecule has 0 bridgehead atoms. The lowest BCUT2D eigenvalue weighted by molar-refractivity contribution is 0.0932. The minimum atomic E-state index is -0.243. The molecule has 4 aromatic rings. The van der Waals surface area contributed by atoms with E-state index in [9.17, 15) is 9.59 Å². The summed E-state index contributed by atoms with van der Waals surface area (Å²) < 4.78 is 1.57. The van der Waals surface area contributed by atoms with Gasteiger partial charge in [-0.25, -0.2) is 0 Å². The Bertz CT molecular complexity index is 1410. The summed E-state index contributed by atoms with van der Waals surface area (Å²) in [7, 11) is 0. The molecule has 1 aromatic heterocycles. The number of carbonyl (C=O) groups excluding carboxylic acids is 1. The van der Waals surface area contributed by atoms with E-state index in [4.69, 9.17) is 23.2 Å². The van der Waals surface area contributed by atoms with Crippen molar-refractivity contribution in [2.75, 3.05) is 0 Å². The van der Waals surface area contributed by atoms with Gasteiger partial charge in [0, 0.05) is 21.8 Å². The molecule has 0 aliphatic heterocycles. The number of amides is 1. The number of carbonyl (C=O) groups is 1. The number of pyridine rings is 1. The maximum Gasteiger partial charge on any atom is 0.264 e. The van der Waals surface area contributed by atoms with Crippen LogP contribution in [0.4, 0.5) is 0 Å². The quantitative estimate of drug-likeness (QED) is 0.357. The van der Waals surface area contributed by atoms with Crippen LogP contribution in [0.3, 0.4) is 0 Å². The molecule has 3 aromatic carbocycles. The van der Waals surface area contributed by atoms with Gasteiger partial charge in [0.1, 0.15) is 0 Å². The summed E-state index contributed by atoms with van der Waals surface area (Å²) in [4.78, 5) is 27.2. The van der Waals surface area contributed by atoms with E-state index in [1.165, 1.54) is 0 Å². The number of nitrogens with one attached hydrogen (secondary N) is 1. The maximum atomic E-state index is 13.8. The summed E-state index contributed by atoms with van der Waals surface area (Å²) in [6, 6.07) is 22.0. The van der Waals surface area contributed by atoms with E-state index in [2.05, 4.69) is 5.32 Å². The number of nitrogens with zero attached hydrogens (tertiary/aromatic N) is 1. The number of fused-ring (bicyclic) bond motifs is 1.